The third-order valence-electron chi connectivity index (χ3n) is 3.82. The van der Waals surface area contributed by atoms with Crippen LogP contribution in [0.2, 0.25) is 0 Å². The van der Waals surface area contributed by atoms with Crippen LogP contribution in [0.4, 0.5) is 0 Å². The Kier molecular flexibility index (Phi) is 3.44. The summed E-state index contributed by atoms with van der Waals surface area (Å²) in [6.07, 6.45) is 1.80. The first-order valence-electron chi connectivity index (χ1n) is 6.79. The SMILES string of the molecule is CCC(N)(CC)c1nc2ccccc2n1C(C)C. The Morgan fingerprint density at radius 1 is 1.22 bits per heavy atom. The van der Waals surface area contributed by atoms with Crippen molar-refractivity contribution < 1.29 is 0 Å². The van der Waals surface area contributed by atoms with E-state index >= 15 is 0 Å². The third kappa shape index (κ3) is 1.93. The van der Waals surface area contributed by atoms with Crippen molar-refractivity contribution in [2.45, 2.75) is 52.1 Å². The number of nitrogens with zero attached hydrogens (tertiary/aromatic N) is 2. The van der Waals surface area contributed by atoms with E-state index in [1.165, 1.54) is 5.52 Å². The number of hydrogen-bond acceptors (Lipinski definition) is 2. The summed E-state index contributed by atoms with van der Waals surface area (Å²) in [7, 11) is 0. The van der Waals surface area contributed by atoms with Gasteiger partial charge in [-0.1, -0.05) is 26.0 Å². The molecule has 3 heteroatoms. The average Bonchev–Trinajstić information content (AvgIpc) is 2.77. The van der Waals surface area contributed by atoms with Crippen LogP contribution in [0.3, 0.4) is 0 Å². The van der Waals surface area contributed by atoms with Crippen LogP contribution in [0.25, 0.3) is 11.0 Å². The summed E-state index contributed by atoms with van der Waals surface area (Å²) in [5.74, 6) is 1.02. The molecule has 0 fully saturated rings. The van der Waals surface area contributed by atoms with E-state index < -0.39 is 0 Å². The predicted octanol–water partition coefficient (Wildman–Crippen LogP) is 3.59. The zero-order chi connectivity index (χ0) is 13.3. The molecule has 2 N–H and O–H groups in total. The predicted molar refractivity (Wildman–Crippen MR) is 76.6 cm³/mol. The fourth-order valence-electron chi connectivity index (χ4n) is 2.48. The summed E-state index contributed by atoms with van der Waals surface area (Å²) in [5.41, 5.74) is 8.43. The molecule has 0 spiro atoms. The molecule has 3 nitrogen and oxygen atoms in total. The van der Waals surface area contributed by atoms with Gasteiger partial charge in [-0.15, -0.1) is 0 Å². The first kappa shape index (κ1) is 13.1. The number of para-hydroxylation sites is 2. The van der Waals surface area contributed by atoms with Crippen LogP contribution in [-0.2, 0) is 5.54 Å². The first-order chi connectivity index (χ1) is 8.53. The smallest absolute Gasteiger partial charge is 0.130 e. The number of nitrogens with two attached hydrogens (primary N) is 1. The van der Waals surface area contributed by atoms with E-state index in [4.69, 9.17) is 10.7 Å². The molecule has 1 aromatic carbocycles. The normalized spacial score (nSPS) is 12.6. The summed E-state index contributed by atoms with van der Waals surface area (Å²) in [6, 6.07) is 8.64. The lowest BCUT2D eigenvalue weighted by atomic mass is 9.93. The molecule has 1 heterocycles. The summed E-state index contributed by atoms with van der Waals surface area (Å²) in [6.45, 7) is 8.63. The molecule has 0 aliphatic carbocycles. The van der Waals surface area contributed by atoms with E-state index in [0.29, 0.717) is 6.04 Å². The quantitative estimate of drug-likeness (QED) is 0.894. The molecule has 0 bridgehead atoms. The Hall–Kier alpha value is -1.35. The fraction of sp³-hybridized carbons (Fsp3) is 0.533. The Bertz CT molecular complexity index is 536. The summed E-state index contributed by atoms with van der Waals surface area (Å²) >= 11 is 0. The van der Waals surface area contributed by atoms with Crippen molar-refractivity contribution in [1.82, 2.24) is 9.55 Å². The van der Waals surface area contributed by atoms with E-state index in [9.17, 15) is 0 Å². The molecular formula is C15H23N3. The van der Waals surface area contributed by atoms with E-state index in [1.807, 2.05) is 6.07 Å². The van der Waals surface area contributed by atoms with Crippen molar-refractivity contribution in [1.29, 1.82) is 0 Å². The molecule has 18 heavy (non-hydrogen) atoms. The van der Waals surface area contributed by atoms with Crippen LogP contribution in [0.1, 0.15) is 52.4 Å². The molecule has 0 radical (unpaired) electrons. The molecule has 0 saturated carbocycles. The van der Waals surface area contributed by atoms with Gasteiger partial charge in [-0.2, -0.15) is 0 Å². The lowest BCUT2D eigenvalue weighted by Crippen LogP contribution is -2.38. The molecule has 0 aliphatic rings. The minimum absolute atomic E-state index is 0.330. The van der Waals surface area contributed by atoms with Crippen molar-refractivity contribution in [3.05, 3.63) is 30.1 Å². The summed E-state index contributed by atoms with van der Waals surface area (Å²) in [5, 5.41) is 0. The van der Waals surface area contributed by atoms with Gasteiger partial charge >= 0.3 is 0 Å². The fourth-order valence-corrected chi connectivity index (χ4v) is 2.48. The van der Waals surface area contributed by atoms with Gasteiger partial charge in [0.15, 0.2) is 0 Å². The van der Waals surface area contributed by atoms with Crippen molar-refractivity contribution >= 4 is 11.0 Å². The molecule has 1 aromatic heterocycles. The van der Waals surface area contributed by atoms with Gasteiger partial charge in [-0.3, -0.25) is 0 Å². The van der Waals surface area contributed by atoms with Crippen molar-refractivity contribution in [3.63, 3.8) is 0 Å². The molecule has 2 rings (SSSR count). The van der Waals surface area contributed by atoms with Crippen molar-refractivity contribution in [2.24, 2.45) is 5.73 Å². The Morgan fingerprint density at radius 3 is 2.39 bits per heavy atom. The maximum absolute atomic E-state index is 6.54. The Morgan fingerprint density at radius 2 is 1.83 bits per heavy atom. The maximum Gasteiger partial charge on any atom is 0.130 e. The average molecular weight is 245 g/mol. The first-order valence-corrected chi connectivity index (χ1v) is 6.79. The second kappa shape index (κ2) is 4.73. The van der Waals surface area contributed by atoms with Gasteiger partial charge in [0.25, 0.3) is 0 Å². The monoisotopic (exact) mass is 245 g/mol. The van der Waals surface area contributed by atoms with Crippen LogP contribution in [0.15, 0.2) is 24.3 Å². The number of aromatic nitrogens is 2. The van der Waals surface area contributed by atoms with E-state index in [1.54, 1.807) is 0 Å². The lowest BCUT2D eigenvalue weighted by molar-refractivity contribution is 0.362. The molecule has 0 amide bonds. The second-order valence-corrected chi connectivity index (χ2v) is 5.25. The van der Waals surface area contributed by atoms with Gasteiger partial charge in [-0.25, -0.2) is 4.98 Å². The van der Waals surface area contributed by atoms with Crippen LogP contribution in [0, 0.1) is 0 Å². The third-order valence-corrected chi connectivity index (χ3v) is 3.82. The molecule has 98 valence electrons. The number of fused-ring (bicyclic) bond motifs is 1. The molecule has 0 unspecified atom stereocenters. The van der Waals surface area contributed by atoms with Gasteiger partial charge in [0.1, 0.15) is 5.82 Å². The summed E-state index contributed by atoms with van der Waals surface area (Å²) in [4.78, 5) is 4.79. The van der Waals surface area contributed by atoms with Gasteiger partial charge in [-0.05, 0) is 38.8 Å². The zero-order valence-electron chi connectivity index (χ0n) is 11.8. The van der Waals surface area contributed by atoms with Crippen LogP contribution in [0.5, 0.6) is 0 Å². The van der Waals surface area contributed by atoms with Gasteiger partial charge in [0.05, 0.1) is 16.6 Å². The van der Waals surface area contributed by atoms with Crippen LogP contribution in [-0.4, -0.2) is 9.55 Å². The van der Waals surface area contributed by atoms with Crippen LogP contribution < -0.4 is 5.73 Å². The standard InChI is InChI=1S/C15H23N3/c1-5-15(16,6-2)14-17-12-9-7-8-10-13(12)18(14)11(3)4/h7-11H,5-6,16H2,1-4H3. The molecule has 0 atom stereocenters. The van der Waals surface area contributed by atoms with Crippen LogP contribution >= 0.6 is 0 Å². The van der Waals surface area contributed by atoms with Gasteiger partial charge in [0.2, 0.25) is 0 Å². The highest BCUT2D eigenvalue weighted by Crippen LogP contribution is 2.30. The minimum Gasteiger partial charge on any atom is -0.324 e. The number of benzene rings is 1. The van der Waals surface area contributed by atoms with Crippen molar-refractivity contribution in [2.75, 3.05) is 0 Å². The number of hydrogen-bond donors (Lipinski definition) is 1. The zero-order valence-corrected chi connectivity index (χ0v) is 11.8. The highest BCUT2D eigenvalue weighted by atomic mass is 15.1. The second-order valence-electron chi connectivity index (χ2n) is 5.25. The molecule has 0 aliphatic heterocycles. The van der Waals surface area contributed by atoms with E-state index in [0.717, 1.165) is 24.2 Å². The lowest BCUT2D eigenvalue weighted by Gasteiger charge is -2.28. The minimum atomic E-state index is -0.330. The molecule has 0 saturated heterocycles. The Labute approximate surface area is 109 Å². The highest BCUT2D eigenvalue weighted by Gasteiger charge is 2.30. The van der Waals surface area contributed by atoms with E-state index in [2.05, 4.69) is 50.5 Å². The number of imidazole rings is 1. The largest absolute Gasteiger partial charge is 0.324 e. The molecular weight excluding hydrogens is 222 g/mol. The Balaban J connectivity index is 2.74. The van der Waals surface area contributed by atoms with E-state index in [-0.39, 0.29) is 5.54 Å². The summed E-state index contributed by atoms with van der Waals surface area (Å²) < 4.78 is 2.28. The number of rotatable bonds is 4. The van der Waals surface area contributed by atoms with Crippen molar-refractivity contribution in [3.8, 4) is 0 Å². The molecule has 2 aromatic rings. The van der Waals surface area contributed by atoms with Gasteiger partial charge in [0, 0.05) is 6.04 Å². The topological polar surface area (TPSA) is 43.8 Å². The maximum atomic E-state index is 6.54. The highest BCUT2D eigenvalue weighted by molar-refractivity contribution is 5.76. The van der Waals surface area contributed by atoms with Gasteiger partial charge < -0.3 is 10.3 Å².